The predicted octanol–water partition coefficient (Wildman–Crippen LogP) is 3.22. The number of anilines is 1. The Labute approximate surface area is 135 Å². The van der Waals surface area contributed by atoms with Crippen LogP contribution in [-0.4, -0.2) is 26.5 Å². The normalized spacial score (nSPS) is 10.7. The van der Waals surface area contributed by atoms with E-state index in [9.17, 15) is 14.9 Å². The number of carbonyl (C=O) groups is 1. The lowest BCUT2D eigenvalue weighted by Gasteiger charge is -2.03. The zero-order chi connectivity index (χ0) is 16.4. The number of non-ortho nitro benzene ring substituents is 1. The predicted molar refractivity (Wildman–Crippen MR) is 88.0 cm³/mol. The van der Waals surface area contributed by atoms with E-state index in [0.717, 1.165) is 5.16 Å². The maximum Gasteiger partial charge on any atom is 0.276 e. The van der Waals surface area contributed by atoms with Gasteiger partial charge in [0.15, 0.2) is 10.9 Å². The van der Waals surface area contributed by atoms with Crippen LogP contribution in [0.2, 0.25) is 0 Å². The first-order chi connectivity index (χ1) is 11.1. The lowest BCUT2D eigenvalue weighted by Crippen LogP contribution is -2.12. The van der Waals surface area contributed by atoms with Gasteiger partial charge in [0.05, 0.1) is 10.4 Å². The van der Waals surface area contributed by atoms with Crippen molar-refractivity contribution in [1.29, 1.82) is 0 Å². The molecule has 0 saturated heterocycles. The van der Waals surface area contributed by atoms with Crippen LogP contribution in [0.1, 0.15) is 10.5 Å². The highest BCUT2D eigenvalue weighted by Gasteiger charge is 2.17. The molecule has 0 aliphatic rings. The van der Waals surface area contributed by atoms with Crippen LogP contribution in [0.5, 0.6) is 0 Å². The number of pyridine rings is 1. The number of nitro groups is 1. The molecule has 3 aromatic rings. The highest BCUT2D eigenvalue weighted by Crippen LogP contribution is 2.21. The van der Waals surface area contributed by atoms with Crippen molar-refractivity contribution in [1.82, 2.24) is 9.38 Å². The van der Waals surface area contributed by atoms with E-state index < -0.39 is 4.92 Å². The molecule has 0 unspecified atom stereocenters. The molecular weight excluding hydrogens is 316 g/mol. The summed E-state index contributed by atoms with van der Waals surface area (Å²) in [7, 11) is 0. The standard InChI is InChI=1S/C15H12N4O3S/c1-23-15-17-13(12-4-2-3-9-18(12)15)14(20)16-10-5-7-11(8-6-10)19(21)22/h2-9H,1H3,(H,16,20). The quantitative estimate of drug-likeness (QED) is 0.451. The van der Waals surface area contributed by atoms with E-state index in [1.165, 1.54) is 36.0 Å². The van der Waals surface area contributed by atoms with Crippen molar-refractivity contribution >= 4 is 34.6 Å². The summed E-state index contributed by atoms with van der Waals surface area (Å²) in [4.78, 5) is 27.0. The van der Waals surface area contributed by atoms with Gasteiger partial charge in [-0.1, -0.05) is 17.8 Å². The van der Waals surface area contributed by atoms with Gasteiger partial charge in [-0.3, -0.25) is 19.3 Å². The SMILES string of the molecule is CSc1nc(C(=O)Nc2ccc([N+](=O)[O-])cc2)c2ccccn12. The second-order valence-electron chi connectivity index (χ2n) is 4.66. The Morgan fingerprint density at radius 2 is 2.00 bits per heavy atom. The van der Waals surface area contributed by atoms with Crippen molar-refractivity contribution in [2.75, 3.05) is 11.6 Å². The van der Waals surface area contributed by atoms with Crippen LogP contribution in [0.3, 0.4) is 0 Å². The Bertz CT molecular complexity index is 889. The lowest BCUT2D eigenvalue weighted by atomic mass is 10.2. The lowest BCUT2D eigenvalue weighted by molar-refractivity contribution is -0.384. The molecule has 116 valence electrons. The van der Waals surface area contributed by atoms with E-state index >= 15 is 0 Å². The molecule has 1 aromatic carbocycles. The molecule has 1 amide bonds. The maximum absolute atomic E-state index is 12.4. The minimum atomic E-state index is -0.487. The molecule has 3 rings (SSSR count). The van der Waals surface area contributed by atoms with E-state index in [1.54, 1.807) is 0 Å². The number of nitrogens with one attached hydrogen (secondary N) is 1. The fraction of sp³-hybridized carbons (Fsp3) is 0.0667. The summed E-state index contributed by atoms with van der Waals surface area (Å²) < 4.78 is 1.84. The molecule has 0 aliphatic heterocycles. The second-order valence-corrected chi connectivity index (χ2v) is 5.43. The number of hydrogen-bond donors (Lipinski definition) is 1. The molecule has 0 aliphatic carbocycles. The fourth-order valence-electron chi connectivity index (χ4n) is 2.18. The number of amides is 1. The van der Waals surface area contributed by atoms with Crippen LogP contribution in [0, 0.1) is 10.1 Å². The monoisotopic (exact) mass is 328 g/mol. The number of benzene rings is 1. The summed E-state index contributed by atoms with van der Waals surface area (Å²) in [6, 6.07) is 11.2. The summed E-state index contributed by atoms with van der Waals surface area (Å²) in [5.41, 5.74) is 1.47. The number of fused-ring (bicyclic) bond motifs is 1. The fourth-order valence-corrected chi connectivity index (χ4v) is 2.72. The van der Waals surface area contributed by atoms with Crippen molar-refractivity contribution in [3.8, 4) is 0 Å². The zero-order valence-electron chi connectivity index (χ0n) is 12.1. The van der Waals surface area contributed by atoms with Gasteiger partial charge in [-0.25, -0.2) is 4.98 Å². The Morgan fingerprint density at radius 3 is 2.65 bits per heavy atom. The van der Waals surface area contributed by atoms with Crippen LogP contribution < -0.4 is 5.32 Å². The molecule has 8 heteroatoms. The van der Waals surface area contributed by atoms with E-state index in [-0.39, 0.29) is 11.6 Å². The minimum Gasteiger partial charge on any atom is -0.321 e. The smallest absolute Gasteiger partial charge is 0.276 e. The van der Waals surface area contributed by atoms with Gasteiger partial charge in [0.2, 0.25) is 0 Å². The zero-order valence-corrected chi connectivity index (χ0v) is 12.9. The largest absolute Gasteiger partial charge is 0.321 e. The topological polar surface area (TPSA) is 89.5 Å². The number of thioether (sulfide) groups is 1. The summed E-state index contributed by atoms with van der Waals surface area (Å²) >= 11 is 1.44. The first-order valence-electron chi connectivity index (χ1n) is 6.67. The molecule has 0 radical (unpaired) electrons. The van der Waals surface area contributed by atoms with E-state index in [0.29, 0.717) is 16.9 Å². The van der Waals surface area contributed by atoms with Crippen molar-refractivity contribution in [3.63, 3.8) is 0 Å². The van der Waals surface area contributed by atoms with Crippen molar-refractivity contribution in [2.45, 2.75) is 5.16 Å². The van der Waals surface area contributed by atoms with Crippen molar-refractivity contribution in [3.05, 3.63) is 64.5 Å². The summed E-state index contributed by atoms with van der Waals surface area (Å²) in [6.45, 7) is 0. The number of nitrogens with zero attached hydrogens (tertiary/aromatic N) is 3. The average molecular weight is 328 g/mol. The highest BCUT2D eigenvalue weighted by atomic mass is 32.2. The van der Waals surface area contributed by atoms with E-state index in [4.69, 9.17) is 0 Å². The van der Waals surface area contributed by atoms with Crippen LogP contribution in [0.15, 0.2) is 53.8 Å². The third-order valence-corrected chi connectivity index (χ3v) is 3.90. The number of carbonyl (C=O) groups excluding carboxylic acids is 1. The Hall–Kier alpha value is -2.87. The van der Waals surface area contributed by atoms with Crippen LogP contribution >= 0.6 is 11.8 Å². The number of imidazole rings is 1. The molecular formula is C15H12N4O3S. The van der Waals surface area contributed by atoms with Crippen molar-refractivity contribution < 1.29 is 9.72 Å². The average Bonchev–Trinajstić information content (AvgIpc) is 2.94. The molecule has 0 spiro atoms. The summed E-state index contributed by atoms with van der Waals surface area (Å²) in [5.74, 6) is -0.358. The molecule has 2 aromatic heterocycles. The van der Waals surface area contributed by atoms with Crippen LogP contribution in [-0.2, 0) is 0 Å². The first-order valence-corrected chi connectivity index (χ1v) is 7.89. The first kappa shape index (κ1) is 15.0. The van der Waals surface area contributed by atoms with Gasteiger partial charge in [-0.15, -0.1) is 0 Å². The van der Waals surface area contributed by atoms with Gasteiger partial charge < -0.3 is 5.32 Å². The molecule has 23 heavy (non-hydrogen) atoms. The number of nitro benzene ring substituents is 1. The highest BCUT2D eigenvalue weighted by molar-refractivity contribution is 7.98. The Balaban J connectivity index is 1.90. The maximum atomic E-state index is 12.4. The molecule has 2 heterocycles. The minimum absolute atomic E-state index is 0.0277. The summed E-state index contributed by atoms with van der Waals surface area (Å²) in [6.07, 6.45) is 3.73. The molecule has 7 nitrogen and oxygen atoms in total. The van der Waals surface area contributed by atoms with E-state index in [1.807, 2.05) is 35.1 Å². The van der Waals surface area contributed by atoms with Gasteiger partial charge in [0.1, 0.15) is 0 Å². The Morgan fingerprint density at radius 1 is 1.26 bits per heavy atom. The second kappa shape index (κ2) is 6.09. The van der Waals surface area contributed by atoms with Gasteiger partial charge in [-0.05, 0) is 30.5 Å². The van der Waals surface area contributed by atoms with Crippen LogP contribution in [0.4, 0.5) is 11.4 Å². The number of rotatable bonds is 4. The molecule has 0 bridgehead atoms. The third kappa shape index (κ3) is 2.88. The van der Waals surface area contributed by atoms with Gasteiger partial charge in [0, 0.05) is 24.0 Å². The molecule has 1 N–H and O–H groups in total. The van der Waals surface area contributed by atoms with Crippen molar-refractivity contribution in [2.24, 2.45) is 0 Å². The molecule has 0 saturated carbocycles. The number of hydrogen-bond acceptors (Lipinski definition) is 5. The number of aromatic nitrogens is 2. The summed E-state index contributed by atoms with van der Waals surface area (Å²) in [5, 5.41) is 14.1. The molecule has 0 atom stereocenters. The Kier molecular flexibility index (Phi) is 3.98. The molecule has 0 fully saturated rings. The third-order valence-electron chi connectivity index (χ3n) is 3.25. The van der Waals surface area contributed by atoms with Gasteiger partial charge >= 0.3 is 0 Å². The van der Waals surface area contributed by atoms with Gasteiger partial charge in [0.25, 0.3) is 11.6 Å². The van der Waals surface area contributed by atoms with Gasteiger partial charge in [-0.2, -0.15) is 0 Å². The van der Waals surface area contributed by atoms with Crippen LogP contribution in [0.25, 0.3) is 5.52 Å². The van der Waals surface area contributed by atoms with E-state index in [2.05, 4.69) is 10.3 Å².